The van der Waals surface area contributed by atoms with E-state index in [0.29, 0.717) is 18.5 Å². The van der Waals surface area contributed by atoms with Gasteiger partial charge in [-0.3, -0.25) is 0 Å². The van der Waals surface area contributed by atoms with Gasteiger partial charge in [0.15, 0.2) is 0 Å². The Hall–Kier alpha value is -1.91. The lowest BCUT2D eigenvalue weighted by molar-refractivity contribution is -0.125. The van der Waals surface area contributed by atoms with Crippen molar-refractivity contribution in [2.24, 2.45) is 0 Å². The topological polar surface area (TPSA) is 24.1 Å². The summed E-state index contributed by atoms with van der Waals surface area (Å²) in [7, 11) is 1.85. The first kappa shape index (κ1) is 18.1. The predicted molar refractivity (Wildman–Crippen MR) is 87.3 cm³/mol. The van der Waals surface area contributed by atoms with Gasteiger partial charge in [-0.1, -0.05) is 30.7 Å². The van der Waals surface area contributed by atoms with Crippen LogP contribution in [0.15, 0.2) is 48.1 Å². The molecule has 0 amide bonds. The van der Waals surface area contributed by atoms with Crippen LogP contribution in [0.25, 0.3) is 0 Å². The quantitative estimate of drug-likeness (QED) is 0.630. The van der Waals surface area contributed by atoms with E-state index in [-0.39, 0.29) is 0 Å². The second kappa shape index (κ2) is 9.18. The molecule has 0 unspecified atom stereocenters. The summed E-state index contributed by atoms with van der Waals surface area (Å²) in [6, 6.07) is 7.76. The molecule has 0 fully saturated rings. The summed E-state index contributed by atoms with van der Waals surface area (Å²) in [5.74, 6) is 0. The highest BCUT2D eigenvalue weighted by Crippen LogP contribution is 2.22. The molecule has 0 aliphatic rings. The Balaban J connectivity index is 2.53. The SMILES string of the molecule is CC/C=C\C(=C/CC(F)(F)F)CCNc1ccc(NC)cc1. The van der Waals surface area contributed by atoms with Crippen LogP contribution in [0.4, 0.5) is 24.5 Å². The lowest BCUT2D eigenvalue weighted by Crippen LogP contribution is -2.06. The molecule has 0 bridgehead atoms. The van der Waals surface area contributed by atoms with E-state index in [1.165, 1.54) is 6.08 Å². The van der Waals surface area contributed by atoms with Gasteiger partial charge in [0.05, 0.1) is 6.42 Å². The highest BCUT2D eigenvalue weighted by Gasteiger charge is 2.25. The summed E-state index contributed by atoms with van der Waals surface area (Å²) in [5, 5.41) is 6.25. The second-order valence-corrected chi connectivity index (χ2v) is 4.91. The first-order chi connectivity index (χ1) is 10.4. The minimum Gasteiger partial charge on any atom is -0.388 e. The van der Waals surface area contributed by atoms with E-state index in [4.69, 9.17) is 0 Å². The summed E-state index contributed by atoms with van der Waals surface area (Å²) in [6.07, 6.45) is 1.25. The summed E-state index contributed by atoms with van der Waals surface area (Å²) in [5.41, 5.74) is 2.68. The molecule has 0 atom stereocenters. The minimum absolute atomic E-state index is 0.556. The Morgan fingerprint density at radius 1 is 1.14 bits per heavy atom. The fourth-order valence-electron chi connectivity index (χ4n) is 1.88. The van der Waals surface area contributed by atoms with E-state index in [1.807, 2.05) is 44.3 Å². The number of halogens is 3. The Labute approximate surface area is 130 Å². The summed E-state index contributed by atoms with van der Waals surface area (Å²) in [4.78, 5) is 0. The molecule has 1 rings (SSSR count). The Morgan fingerprint density at radius 2 is 1.77 bits per heavy atom. The average molecular weight is 312 g/mol. The number of nitrogens with one attached hydrogen (secondary N) is 2. The van der Waals surface area contributed by atoms with Crippen LogP contribution >= 0.6 is 0 Å². The number of anilines is 2. The minimum atomic E-state index is -4.15. The number of benzene rings is 1. The van der Waals surface area contributed by atoms with E-state index >= 15 is 0 Å². The van der Waals surface area contributed by atoms with Crippen molar-refractivity contribution < 1.29 is 13.2 Å². The number of rotatable bonds is 8. The van der Waals surface area contributed by atoms with Crippen molar-refractivity contribution in [1.29, 1.82) is 0 Å². The first-order valence-electron chi connectivity index (χ1n) is 7.38. The van der Waals surface area contributed by atoms with Crippen molar-refractivity contribution in [1.82, 2.24) is 0 Å². The van der Waals surface area contributed by atoms with Crippen LogP contribution in [-0.2, 0) is 0 Å². The molecule has 1 aromatic rings. The fourth-order valence-corrected chi connectivity index (χ4v) is 1.88. The summed E-state index contributed by atoms with van der Waals surface area (Å²) >= 11 is 0. The van der Waals surface area contributed by atoms with Gasteiger partial charge < -0.3 is 10.6 Å². The Morgan fingerprint density at radius 3 is 2.32 bits per heavy atom. The molecule has 0 spiro atoms. The zero-order valence-electron chi connectivity index (χ0n) is 13.0. The molecule has 2 N–H and O–H groups in total. The average Bonchev–Trinajstić information content (AvgIpc) is 2.49. The van der Waals surface area contributed by atoms with Crippen molar-refractivity contribution in [3.05, 3.63) is 48.1 Å². The molecule has 0 radical (unpaired) electrons. The van der Waals surface area contributed by atoms with Crippen LogP contribution in [0, 0.1) is 0 Å². The zero-order valence-corrected chi connectivity index (χ0v) is 13.0. The third kappa shape index (κ3) is 7.76. The normalized spacial score (nSPS) is 12.7. The van der Waals surface area contributed by atoms with Gasteiger partial charge >= 0.3 is 6.18 Å². The molecule has 0 aliphatic carbocycles. The van der Waals surface area contributed by atoms with Crippen molar-refractivity contribution in [2.45, 2.75) is 32.4 Å². The molecule has 0 saturated carbocycles. The van der Waals surface area contributed by atoms with Gasteiger partial charge in [-0.2, -0.15) is 13.2 Å². The van der Waals surface area contributed by atoms with Crippen LogP contribution in [0.5, 0.6) is 0 Å². The van der Waals surface area contributed by atoms with Crippen LogP contribution in [0.3, 0.4) is 0 Å². The predicted octanol–water partition coefficient (Wildman–Crippen LogP) is 5.38. The van der Waals surface area contributed by atoms with Crippen molar-refractivity contribution in [3.63, 3.8) is 0 Å². The van der Waals surface area contributed by atoms with Gasteiger partial charge in [0.25, 0.3) is 0 Å². The fraction of sp³-hybridized carbons (Fsp3) is 0.412. The van der Waals surface area contributed by atoms with Crippen molar-refractivity contribution in [3.8, 4) is 0 Å². The van der Waals surface area contributed by atoms with E-state index in [1.54, 1.807) is 6.08 Å². The van der Waals surface area contributed by atoms with Gasteiger partial charge in [0, 0.05) is 25.0 Å². The number of hydrogen-bond donors (Lipinski definition) is 2. The van der Waals surface area contributed by atoms with Crippen LogP contribution in [0.2, 0.25) is 0 Å². The molecule has 1 aromatic carbocycles. The number of alkyl halides is 3. The summed E-state index contributed by atoms with van der Waals surface area (Å²) in [6.45, 7) is 2.55. The van der Waals surface area contributed by atoms with Gasteiger partial charge in [0.1, 0.15) is 0 Å². The van der Waals surface area contributed by atoms with Crippen molar-refractivity contribution >= 4 is 11.4 Å². The number of allylic oxidation sites excluding steroid dienone is 3. The van der Waals surface area contributed by atoms with Crippen LogP contribution in [-0.4, -0.2) is 19.8 Å². The van der Waals surface area contributed by atoms with Gasteiger partial charge in [-0.25, -0.2) is 0 Å². The Bertz CT molecular complexity index is 488. The smallest absolute Gasteiger partial charge is 0.388 e. The molecule has 2 nitrogen and oxygen atoms in total. The molecular formula is C17H23F3N2. The molecule has 0 saturated heterocycles. The highest BCUT2D eigenvalue weighted by molar-refractivity contribution is 5.53. The molecule has 122 valence electrons. The molecule has 22 heavy (non-hydrogen) atoms. The van der Waals surface area contributed by atoms with Crippen molar-refractivity contribution in [2.75, 3.05) is 24.2 Å². The maximum atomic E-state index is 12.3. The van der Waals surface area contributed by atoms with Gasteiger partial charge in [-0.15, -0.1) is 0 Å². The lowest BCUT2D eigenvalue weighted by Gasteiger charge is -2.09. The summed E-state index contributed by atoms with van der Waals surface area (Å²) < 4.78 is 36.9. The molecule has 5 heteroatoms. The van der Waals surface area contributed by atoms with E-state index in [0.717, 1.165) is 17.8 Å². The largest absolute Gasteiger partial charge is 0.392 e. The lowest BCUT2D eigenvalue weighted by atomic mass is 10.1. The third-order valence-electron chi connectivity index (χ3n) is 3.08. The third-order valence-corrected chi connectivity index (χ3v) is 3.08. The molecule has 0 aliphatic heterocycles. The molecule has 0 aromatic heterocycles. The second-order valence-electron chi connectivity index (χ2n) is 4.91. The Kier molecular flexibility index (Phi) is 7.57. The van der Waals surface area contributed by atoms with E-state index < -0.39 is 12.6 Å². The zero-order chi connectivity index (χ0) is 16.4. The monoisotopic (exact) mass is 312 g/mol. The van der Waals surface area contributed by atoms with Crippen LogP contribution < -0.4 is 10.6 Å². The van der Waals surface area contributed by atoms with E-state index in [2.05, 4.69) is 10.6 Å². The maximum Gasteiger partial charge on any atom is 0.392 e. The number of hydrogen-bond acceptors (Lipinski definition) is 2. The van der Waals surface area contributed by atoms with Gasteiger partial charge in [0.2, 0.25) is 0 Å². The maximum absolute atomic E-state index is 12.3. The highest BCUT2D eigenvalue weighted by atomic mass is 19.4. The first-order valence-corrected chi connectivity index (χ1v) is 7.38. The van der Waals surface area contributed by atoms with E-state index in [9.17, 15) is 13.2 Å². The van der Waals surface area contributed by atoms with Gasteiger partial charge in [-0.05, 0) is 37.1 Å². The molecule has 0 heterocycles. The van der Waals surface area contributed by atoms with Crippen LogP contribution in [0.1, 0.15) is 26.2 Å². The molecular weight excluding hydrogens is 289 g/mol. The standard InChI is InChI=1S/C17H23F3N2/c1-3-4-5-14(10-12-17(18,19)20)11-13-22-16-8-6-15(21-2)7-9-16/h4-10,21-22H,3,11-13H2,1-2H3/b5-4-,14-10+.